The molecule has 1 aromatic carbocycles. The standard InChI is InChI=1S/C13H15N5O3/c1-8-6-12(17-14)16-13(15-8)7-21-11-5-3-4-10(9(11)2)18(19)20/h3-6H,7,14H2,1-2H3,(H,15,16,17). The predicted octanol–water partition coefficient (Wildman–Crippen LogP) is 1.87. The van der Waals surface area contributed by atoms with E-state index in [1.807, 2.05) is 6.92 Å². The lowest BCUT2D eigenvalue weighted by atomic mass is 10.2. The largest absolute Gasteiger partial charge is 0.485 e. The number of nitrogens with one attached hydrogen (secondary N) is 1. The number of nitro groups is 1. The number of hydrogen-bond acceptors (Lipinski definition) is 7. The van der Waals surface area contributed by atoms with Crippen LogP contribution in [0.25, 0.3) is 0 Å². The van der Waals surface area contributed by atoms with Gasteiger partial charge in [-0.1, -0.05) is 6.07 Å². The zero-order valence-corrected chi connectivity index (χ0v) is 11.7. The number of nitrogens with zero attached hydrogens (tertiary/aromatic N) is 3. The summed E-state index contributed by atoms with van der Waals surface area (Å²) < 4.78 is 5.57. The summed E-state index contributed by atoms with van der Waals surface area (Å²) in [6.07, 6.45) is 0. The molecular weight excluding hydrogens is 274 g/mol. The van der Waals surface area contributed by atoms with Crippen LogP contribution in [0.1, 0.15) is 17.1 Å². The number of ether oxygens (including phenoxy) is 1. The summed E-state index contributed by atoms with van der Waals surface area (Å²) in [5.41, 5.74) is 3.67. The molecule has 2 rings (SSSR count). The molecule has 0 atom stereocenters. The number of aromatic nitrogens is 2. The smallest absolute Gasteiger partial charge is 0.276 e. The lowest BCUT2D eigenvalue weighted by Crippen LogP contribution is -2.12. The second kappa shape index (κ2) is 6.14. The topological polar surface area (TPSA) is 116 Å². The molecule has 21 heavy (non-hydrogen) atoms. The third-order valence-corrected chi connectivity index (χ3v) is 2.86. The van der Waals surface area contributed by atoms with Crippen LogP contribution in [0.2, 0.25) is 0 Å². The van der Waals surface area contributed by atoms with E-state index in [1.54, 1.807) is 25.1 Å². The third kappa shape index (κ3) is 3.42. The molecule has 0 saturated carbocycles. The van der Waals surface area contributed by atoms with Crippen LogP contribution in [0.4, 0.5) is 11.5 Å². The Morgan fingerprint density at radius 2 is 2.14 bits per heavy atom. The van der Waals surface area contributed by atoms with Crippen molar-refractivity contribution in [2.75, 3.05) is 5.43 Å². The Hall–Kier alpha value is -2.74. The van der Waals surface area contributed by atoms with Crippen LogP contribution in [0.5, 0.6) is 5.75 Å². The molecule has 3 N–H and O–H groups in total. The van der Waals surface area contributed by atoms with Crippen molar-refractivity contribution in [1.29, 1.82) is 0 Å². The van der Waals surface area contributed by atoms with Gasteiger partial charge in [0.2, 0.25) is 0 Å². The predicted molar refractivity (Wildman–Crippen MR) is 76.7 cm³/mol. The maximum atomic E-state index is 10.9. The molecule has 0 bridgehead atoms. The monoisotopic (exact) mass is 289 g/mol. The van der Waals surface area contributed by atoms with Crippen molar-refractivity contribution in [3.8, 4) is 5.75 Å². The number of hydrogen-bond donors (Lipinski definition) is 2. The van der Waals surface area contributed by atoms with Crippen molar-refractivity contribution < 1.29 is 9.66 Å². The van der Waals surface area contributed by atoms with Crippen molar-refractivity contribution >= 4 is 11.5 Å². The molecule has 0 spiro atoms. The number of hydrazine groups is 1. The van der Waals surface area contributed by atoms with Crippen LogP contribution in [0.15, 0.2) is 24.3 Å². The van der Waals surface area contributed by atoms with Crippen molar-refractivity contribution in [2.24, 2.45) is 5.84 Å². The van der Waals surface area contributed by atoms with Crippen molar-refractivity contribution in [3.05, 3.63) is 51.5 Å². The van der Waals surface area contributed by atoms with E-state index in [2.05, 4.69) is 15.4 Å². The average Bonchev–Trinajstić information content (AvgIpc) is 2.45. The van der Waals surface area contributed by atoms with Crippen LogP contribution in [-0.2, 0) is 6.61 Å². The van der Waals surface area contributed by atoms with Gasteiger partial charge in [-0.25, -0.2) is 15.8 Å². The van der Waals surface area contributed by atoms with E-state index in [4.69, 9.17) is 10.6 Å². The molecule has 8 nitrogen and oxygen atoms in total. The number of aryl methyl sites for hydroxylation is 1. The van der Waals surface area contributed by atoms with Gasteiger partial charge in [-0.15, -0.1) is 0 Å². The van der Waals surface area contributed by atoms with E-state index in [0.717, 1.165) is 5.69 Å². The Morgan fingerprint density at radius 1 is 1.38 bits per heavy atom. The molecule has 8 heteroatoms. The van der Waals surface area contributed by atoms with E-state index in [0.29, 0.717) is 23.0 Å². The minimum absolute atomic E-state index is 0.0157. The maximum absolute atomic E-state index is 10.9. The second-order valence-corrected chi connectivity index (χ2v) is 4.40. The molecule has 110 valence electrons. The summed E-state index contributed by atoms with van der Waals surface area (Å²) in [5, 5.41) is 10.9. The highest BCUT2D eigenvalue weighted by atomic mass is 16.6. The van der Waals surface area contributed by atoms with Gasteiger partial charge in [-0.2, -0.15) is 0 Å². The molecule has 1 aromatic heterocycles. The quantitative estimate of drug-likeness (QED) is 0.490. The number of anilines is 1. The normalized spacial score (nSPS) is 10.2. The average molecular weight is 289 g/mol. The lowest BCUT2D eigenvalue weighted by Gasteiger charge is -2.09. The summed E-state index contributed by atoms with van der Waals surface area (Å²) in [5.74, 6) is 6.67. The molecule has 0 unspecified atom stereocenters. The Kier molecular flexibility index (Phi) is 4.29. The number of nitrogens with two attached hydrogens (primary N) is 1. The number of benzene rings is 1. The highest BCUT2D eigenvalue weighted by Gasteiger charge is 2.14. The first-order chi connectivity index (χ1) is 10.0. The van der Waals surface area contributed by atoms with Crippen LogP contribution < -0.4 is 16.0 Å². The molecule has 0 aliphatic rings. The Bertz CT molecular complexity index is 675. The van der Waals surface area contributed by atoms with E-state index >= 15 is 0 Å². The molecule has 1 heterocycles. The summed E-state index contributed by atoms with van der Waals surface area (Å²) in [7, 11) is 0. The van der Waals surface area contributed by atoms with Gasteiger partial charge in [-0.3, -0.25) is 10.1 Å². The summed E-state index contributed by atoms with van der Waals surface area (Å²) in [6, 6.07) is 6.37. The first-order valence-corrected chi connectivity index (χ1v) is 6.19. The summed E-state index contributed by atoms with van der Waals surface area (Å²) >= 11 is 0. The van der Waals surface area contributed by atoms with E-state index < -0.39 is 4.92 Å². The van der Waals surface area contributed by atoms with E-state index in [1.165, 1.54) is 6.07 Å². The summed E-state index contributed by atoms with van der Waals surface area (Å²) in [4.78, 5) is 18.8. The van der Waals surface area contributed by atoms with Gasteiger partial charge in [0.15, 0.2) is 5.82 Å². The van der Waals surface area contributed by atoms with Crippen LogP contribution in [-0.4, -0.2) is 14.9 Å². The molecule has 0 amide bonds. The molecule has 0 aliphatic heterocycles. The first-order valence-electron chi connectivity index (χ1n) is 6.19. The van der Waals surface area contributed by atoms with Gasteiger partial charge in [0.05, 0.1) is 10.5 Å². The fraction of sp³-hybridized carbons (Fsp3) is 0.231. The second-order valence-electron chi connectivity index (χ2n) is 4.40. The van der Waals surface area contributed by atoms with Crippen LogP contribution in [0, 0.1) is 24.0 Å². The molecular formula is C13H15N5O3. The van der Waals surface area contributed by atoms with Crippen molar-refractivity contribution in [1.82, 2.24) is 9.97 Å². The highest BCUT2D eigenvalue weighted by Crippen LogP contribution is 2.27. The molecule has 2 aromatic rings. The maximum Gasteiger partial charge on any atom is 0.276 e. The van der Waals surface area contributed by atoms with Crippen LogP contribution in [0.3, 0.4) is 0 Å². The zero-order valence-electron chi connectivity index (χ0n) is 11.7. The Labute approximate surface area is 121 Å². The van der Waals surface area contributed by atoms with Gasteiger partial charge in [0, 0.05) is 17.8 Å². The minimum atomic E-state index is -0.443. The van der Waals surface area contributed by atoms with Crippen molar-refractivity contribution in [2.45, 2.75) is 20.5 Å². The Morgan fingerprint density at radius 3 is 2.81 bits per heavy atom. The molecule has 0 saturated heterocycles. The lowest BCUT2D eigenvalue weighted by molar-refractivity contribution is -0.385. The fourth-order valence-electron chi connectivity index (χ4n) is 1.87. The Balaban J connectivity index is 2.19. The third-order valence-electron chi connectivity index (χ3n) is 2.86. The van der Waals surface area contributed by atoms with E-state index in [-0.39, 0.29) is 12.3 Å². The molecule has 0 radical (unpaired) electrons. The molecule has 0 fully saturated rings. The first kappa shape index (κ1) is 14.7. The van der Waals surface area contributed by atoms with Gasteiger partial charge >= 0.3 is 0 Å². The van der Waals surface area contributed by atoms with Gasteiger partial charge < -0.3 is 10.2 Å². The van der Waals surface area contributed by atoms with Crippen molar-refractivity contribution in [3.63, 3.8) is 0 Å². The minimum Gasteiger partial charge on any atom is -0.485 e. The number of rotatable bonds is 5. The van der Waals surface area contributed by atoms with Gasteiger partial charge in [0.1, 0.15) is 18.2 Å². The zero-order chi connectivity index (χ0) is 15.4. The number of nitrogen functional groups attached to an aromatic ring is 1. The van der Waals surface area contributed by atoms with Crippen LogP contribution >= 0.6 is 0 Å². The van der Waals surface area contributed by atoms with Gasteiger partial charge in [0.25, 0.3) is 5.69 Å². The SMILES string of the molecule is Cc1cc(NN)nc(COc2cccc([N+](=O)[O-])c2C)n1. The molecule has 0 aliphatic carbocycles. The van der Waals surface area contributed by atoms with E-state index in [9.17, 15) is 10.1 Å². The fourth-order valence-corrected chi connectivity index (χ4v) is 1.87. The summed E-state index contributed by atoms with van der Waals surface area (Å²) in [6.45, 7) is 3.54. The van der Waals surface area contributed by atoms with Gasteiger partial charge in [-0.05, 0) is 19.9 Å². The number of nitro benzene ring substituents is 1. The highest BCUT2D eigenvalue weighted by molar-refractivity contribution is 5.48.